The van der Waals surface area contributed by atoms with E-state index < -0.39 is 0 Å². The first kappa shape index (κ1) is 10.3. The Morgan fingerprint density at radius 3 is 2.81 bits per heavy atom. The summed E-state index contributed by atoms with van der Waals surface area (Å²) in [6.45, 7) is 4.32. The van der Waals surface area contributed by atoms with E-state index in [-0.39, 0.29) is 0 Å². The Morgan fingerprint density at radius 1 is 1.44 bits per heavy atom. The van der Waals surface area contributed by atoms with Crippen LogP contribution < -0.4 is 5.32 Å². The molecule has 1 N–H and O–H groups in total. The Morgan fingerprint density at radius 2 is 2.25 bits per heavy atom. The second kappa shape index (κ2) is 3.88. The number of aryl methyl sites for hydroxylation is 1. The summed E-state index contributed by atoms with van der Waals surface area (Å²) in [4.78, 5) is 0. The predicted molar refractivity (Wildman–Crippen MR) is 62.4 cm³/mol. The van der Waals surface area contributed by atoms with E-state index in [2.05, 4.69) is 16.5 Å². The molecule has 1 atom stereocenters. The molecule has 1 aliphatic heterocycles. The SMILES string of the molecule is Cc1cc(C2(C3CCNC3)CCCC2)no1. The first-order valence-corrected chi connectivity index (χ1v) is 6.46. The molecule has 1 saturated heterocycles. The van der Waals surface area contributed by atoms with Gasteiger partial charge in [-0.3, -0.25) is 0 Å². The molecule has 88 valence electrons. The molecule has 3 nitrogen and oxygen atoms in total. The van der Waals surface area contributed by atoms with Crippen LogP contribution in [0.4, 0.5) is 0 Å². The summed E-state index contributed by atoms with van der Waals surface area (Å²) in [6.07, 6.45) is 6.59. The van der Waals surface area contributed by atoms with Gasteiger partial charge in [-0.1, -0.05) is 18.0 Å². The summed E-state index contributed by atoms with van der Waals surface area (Å²) < 4.78 is 5.29. The molecule has 1 aromatic rings. The van der Waals surface area contributed by atoms with Gasteiger partial charge in [0.15, 0.2) is 0 Å². The number of rotatable bonds is 2. The van der Waals surface area contributed by atoms with Gasteiger partial charge in [-0.2, -0.15) is 0 Å². The van der Waals surface area contributed by atoms with Crippen LogP contribution in [-0.2, 0) is 5.41 Å². The highest BCUT2D eigenvalue weighted by Gasteiger charge is 2.45. The van der Waals surface area contributed by atoms with Crippen LogP contribution in [0.2, 0.25) is 0 Å². The second-order valence-electron chi connectivity index (χ2n) is 5.38. The fraction of sp³-hybridized carbons (Fsp3) is 0.769. The molecule has 2 fully saturated rings. The lowest BCUT2D eigenvalue weighted by atomic mass is 9.71. The summed E-state index contributed by atoms with van der Waals surface area (Å²) in [7, 11) is 0. The molecule has 1 aliphatic carbocycles. The zero-order chi connectivity index (χ0) is 11.0. The van der Waals surface area contributed by atoms with E-state index in [1.165, 1.54) is 44.3 Å². The Bertz CT molecular complexity index is 360. The van der Waals surface area contributed by atoms with Crippen molar-refractivity contribution in [3.05, 3.63) is 17.5 Å². The maximum Gasteiger partial charge on any atom is 0.133 e. The molecule has 16 heavy (non-hydrogen) atoms. The van der Waals surface area contributed by atoms with Gasteiger partial charge in [-0.05, 0) is 45.2 Å². The molecule has 0 aromatic carbocycles. The smallest absolute Gasteiger partial charge is 0.133 e. The summed E-state index contributed by atoms with van der Waals surface area (Å²) >= 11 is 0. The Balaban J connectivity index is 1.95. The lowest BCUT2D eigenvalue weighted by molar-refractivity contribution is 0.266. The number of aromatic nitrogens is 1. The maximum atomic E-state index is 5.29. The van der Waals surface area contributed by atoms with Crippen molar-refractivity contribution < 1.29 is 4.52 Å². The first-order chi connectivity index (χ1) is 7.81. The minimum absolute atomic E-state index is 0.321. The third-order valence-electron chi connectivity index (χ3n) is 4.48. The van der Waals surface area contributed by atoms with Gasteiger partial charge in [0.2, 0.25) is 0 Å². The number of hydrogen-bond donors (Lipinski definition) is 1. The van der Waals surface area contributed by atoms with E-state index in [1.807, 2.05) is 6.92 Å². The van der Waals surface area contributed by atoms with Gasteiger partial charge in [0.25, 0.3) is 0 Å². The van der Waals surface area contributed by atoms with Crippen LogP contribution in [-0.4, -0.2) is 18.2 Å². The normalized spacial score (nSPS) is 28.7. The zero-order valence-corrected chi connectivity index (χ0v) is 9.96. The lowest BCUT2D eigenvalue weighted by Crippen LogP contribution is -2.34. The number of nitrogens with one attached hydrogen (secondary N) is 1. The highest BCUT2D eigenvalue weighted by atomic mass is 16.5. The van der Waals surface area contributed by atoms with E-state index in [9.17, 15) is 0 Å². The molecule has 0 spiro atoms. The minimum atomic E-state index is 0.321. The van der Waals surface area contributed by atoms with Gasteiger partial charge in [-0.25, -0.2) is 0 Å². The Kier molecular flexibility index (Phi) is 2.51. The average molecular weight is 220 g/mol. The Hall–Kier alpha value is -0.830. The van der Waals surface area contributed by atoms with Gasteiger partial charge in [-0.15, -0.1) is 0 Å². The van der Waals surface area contributed by atoms with E-state index in [0.717, 1.165) is 18.2 Å². The summed E-state index contributed by atoms with van der Waals surface area (Å²) in [5.74, 6) is 1.71. The molecule has 1 saturated carbocycles. The van der Waals surface area contributed by atoms with Crippen molar-refractivity contribution in [2.24, 2.45) is 5.92 Å². The molecule has 2 aliphatic rings. The van der Waals surface area contributed by atoms with Gasteiger partial charge in [0.1, 0.15) is 5.76 Å². The zero-order valence-electron chi connectivity index (χ0n) is 9.96. The van der Waals surface area contributed by atoms with Gasteiger partial charge >= 0.3 is 0 Å². The predicted octanol–water partition coefficient (Wildman–Crippen LogP) is 2.40. The maximum absolute atomic E-state index is 5.29. The van der Waals surface area contributed by atoms with Crippen LogP contribution in [0.5, 0.6) is 0 Å². The fourth-order valence-electron chi connectivity index (χ4n) is 3.61. The minimum Gasteiger partial charge on any atom is -0.361 e. The van der Waals surface area contributed by atoms with E-state index in [4.69, 9.17) is 4.52 Å². The van der Waals surface area contributed by atoms with Gasteiger partial charge in [0, 0.05) is 11.5 Å². The third-order valence-corrected chi connectivity index (χ3v) is 4.48. The summed E-state index contributed by atoms with van der Waals surface area (Å²) in [6, 6.07) is 2.16. The average Bonchev–Trinajstić information content (AvgIpc) is 2.98. The van der Waals surface area contributed by atoms with Crippen molar-refractivity contribution >= 4 is 0 Å². The van der Waals surface area contributed by atoms with Crippen molar-refractivity contribution in [1.29, 1.82) is 0 Å². The van der Waals surface area contributed by atoms with Crippen molar-refractivity contribution in [3.63, 3.8) is 0 Å². The van der Waals surface area contributed by atoms with Crippen molar-refractivity contribution in [3.8, 4) is 0 Å². The molecular weight excluding hydrogens is 200 g/mol. The largest absolute Gasteiger partial charge is 0.361 e. The Labute approximate surface area is 96.6 Å². The molecule has 0 amide bonds. The van der Waals surface area contributed by atoms with Crippen LogP contribution in [0.1, 0.15) is 43.6 Å². The molecule has 0 bridgehead atoms. The molecular formula is C13H20N2O. The summed E-state index contributed by atoms with van der Waals surface area (Å²) in [5, 5.41) is 7.80. The topological polar surface area (TPSA) is 38.1 Å². The van der Waals surface area contributed by atoms with Crippen molar-refractivity contribution in [1.82, 2.24) is 10.5 Å². The standard InChI is InChI=1S/C13H20N2O/c1-10-8-12(15-16-10)13(5-2-3-6-13)11-4-7-14-9-11/h8,11,14H,2-7,9H2,1H3. The van der Waals surface area contributed by atoms with Gasteiger partial charge in [0.05, 0.1) is 5.69 Å². The van der Waals surface area contributed by atoms with Crippen LogP contribution in [0.15, 0.2) is 10.6 Å². The second-order valence-corrected chi connectivity index (χ2v) is 5.38. The third kappa shape index (κ3) is 1.49. The van der Waals surface area contributed by atoms with E-state index >= 15 is 0 Å². The highest BCUT2D eigenvalue weighted by molar-refractivity contribution is 5.21. The van der Waals surface area contributed by atoms with Crippen LogP contribution >= 0.6 is 0 Å². The first-order valence-electron chi connectivity index (χ1n) is 6.46. The van der Waals surface area contributed by atoms with Gasteiger partial charge < -0.3 is 9.84 Å². The van der Waals surface area contributed by atoms with Crippen molar-refractivity contribution in [2.75, 3.05) is 13.1 Å². The van der Waals surface area contributed by atoms with Crippen molar-refractivity contribution in [2.45, 2.75) is 44.4 Å². The molecule has 0 radical (unpaired) electrons. The number of hydrogen-bond acceptors (Lipinski definition) is 3. The van der Waals surface area contributed by atoms with Crippen LogP contribution in [0, 0.1) is 12.8 Å². The molecule has 2 heterocycles. The van der Waals surface area contributed by atoms with E-state index in [1.54, 1.807) is 0 Å². The van der Waals surface area contributed by atoms with Crippen LogP contribution in [0.3, 0.4) is 0 Å². The highest BCUT2D eigenvalue weighted by Crippen LogP contribution is 2.48. The number of nitrogens with zero attached hydrogens (tertiary/aromatic N) is 1. The monoisotopic (exact) mass is 220 g/mol. The van der Waals surface area contributed by atoms with Crippen LogP contribution in [0.25, 0.3) is 0 Å². The molecule has 1 aromatic heterocycles. The molecule has 1 unspecified atom stereocenters. The molecule has 3 heteroatoms. The fourth-order valence-corrected chi connectivity index (χ4v) is 3.61. The quantitative estimate of drug-likeness (QED) is 0.831. The lowest BCUT2D eigenvalue weighted by Gasteiger charge is -2.32. The summed E-state index contributed by atoms with van der Waals surface area (Å²) in [5.41, 5.74) is 1.54. The van der Waals surface area contributed by atoms with E-state index in [0.29, 0.717) is 5.41 Å². The molecule has 3 rings (SSSR count).